The normalized spacial score (nSPS) is 22.6. The van der Waals surface area contributed by atoms with Crippen molar-refractivity contribution in [1.82, 2.24) is 0 Å². The molecule has 1 fully saturated rings. The van der Waals surface area contributed by atoms with Gasteiger partial charge >= 0.3 is 5.97 Å². The summed E-state index contributed by atoms with van der Waals surface area (Å²) >= 11 is 0. The van der Waals surface area contributed by atoms with Crippen LogP contribution in [-0.4, -0.2) is 28.6 Å². The predicted molar refractivity (Wildman–Crippen MR) is 75.0 cm³/mol. The molecule has 6 heteroatoms. The van der Waals surface area contributed by atoms with Gasteiger partial charge in [-0.25, -0.2) is 0 Å². The van der Waals surface area contributed by atoms with Crippen LogP contribution in [-0.2, 0) is 4.79 Å². The molecule has 1 heterocycles. The average molecular weight is 278 g/mol. The first-order valence-corrected chi connectivity index (χ1v) is 6.64. The van der Waals surface area contributed by atoms with E-state index in [-0.39, 0.29) is 22.6 Å². The van der Waals surface area contributed by atoms with E-state index >= 15 is 0 Å². The third-order valence-electron chi connectivity index (χ3n) is 3.86. The number of hydrogen-bond acceptors (Lipinski definition) is 4. The lowest BCUT2D eigenvalue weighted by Crippen LogP contribution is -2.43. The van der Waals surface area contributed by atoms with E-state index in [9.17, 15) is 14.9 Å². The van der Waals surface area contributed by atoms with Gasteiger partial charge in [0.05, 0.1) is 10.8 Å². The first kappa shape index (κ1) is 14.3. The van der Waals surface area contributed by atoms with Gasteiger partial charge in [0.25, 0.3) is 5.69 Å². The summed E-state index contributed by atoms with van der Waals surface area (Å²) in [6, 6.07) is 5.14. The summed E-state index contributed by atoms with van der Waals surface area (Å²) < 4.78 is 0. The second kappa shape index (κ2) is 5.48. The lowest BCUT2D eigenvalue weighted by Gasteiger charge is -2.37. The third kappa shape index (κ3) is 2.74. The Morgan fingerprint density at radius 1 is 1.50 bits per heavy atom. The molecule has 2 atom stereocenters. The highest BCUT2D eigenvalue weighted by Gasteiger charge is 2.32. The van der Waals surface area contributed by atoms with Crippen LogP contribution in [0.4, 0.5) is 11.4 Å². The molecule has 1 N–H and O–H groups in total. The van der Waals surface area contributed by atoms with Gasteiger partial charge < -0.3 is 10.0 Å². The maximum absolute atomic E-state index is 11.2. The third-order valence-corrected chi connectivity index (χ3v) is 3.86. The summed E-state index contributed by atoms with van der Waals surface area (Å²) in [6.45, 7) is 4.26. The van der Waals surface area contributed by atoms with Crippen molar-refractivity contribution in [2.24, 2.45) is 5.92 Å². The van der Waals surface area contributed by atoms with E-state index < -0.39 is 5.97 Å². The number of aryl methyl sites for hydroxylation is 1. The number of nitro benzene ring substituents is 1. The van der Waals surface area contributed by atoms with Crippen molar-refractivity contribution in [3.8, 4) is 0 Å². The largest absolute Gasteiger partial charge is 0.481 e. The van der Waals surface area contributed by atoms with E-state index in [1.54, 1.807) is 12.1 Å². The maximum atomic E-state index is 11.2. The summed E-state index contributed by atoms with van der Waals surface area (Å²) in [5.41, 5.74) is 1.51. The average Bonchev–Trinajstić information content (AvgIpc) is 2.38. The minimum atomic E-state index is -0.782. The van der Waals surface area contributed by atoms with Crippen LogP contribution in [0.5, 0.6) is 0 Å². The van der Waals surface area contributed by atoms with Crippen molar-refractivity contribution in [3.05, 3.63) is 33.9 Å². The number of nitro groups is 1. The second-order valence-electron chi connectivity index (χ2n) is 5.35. The molecule has 0 aliphatic carbocycles. The van der Waals surface area contributed by atoms with Gasteiger partial charge in [0, 0.05) is 18.7 Å². The van der Waals surface area contributed by atoms with Crippen LogP contribution < -0.4 is 4.90 Å². The molecule has 0 bridgehead atoms. The lowest BCUT2D eigenvalue weighted by atomic mass is 9.91. The van der Waals surface area contributed by atoms with Crippen LogP contribution in [0, 0.1) is 23.0 Å². The summed E-state index contributed by atoms with van der Waals surface area (Å²) in [7, 11) is 0. The molecule has 2 unspecified atom stereocenters. The molecule has 0 radical (unpaired) electrons. The molecule has 1 saturated heterocycles. The topological polar surface area (TPSA) is 83.7 Å². The zero-order valence-corrected chi connectivity index (χ0v) is 11.6. The van der Waals surface area contributed by atoms with Crippen LogP contribution in [0.3, 0.4) is 0 Å². The zero-order valence-electron chi connectivity index (χ0n) is 11.6. The summed E-state index contributed by atoms with van der Waals surface area (Å²) in [5.74, 6) is -1.14. The number of carboxylic acids is 1. The number of rotatable bonds is 3. The van der Waals surface area contributed by atoms with Gasteiger partial charge in [-0.1, -0.05) is 6.07 Å². The molecule has 20 heavy (non-hydrogen) atoms. The van der Waals surface area contributed by atoms with Crippen molar-refractivity contribution in [2.75, 3.05) is 11.4 Å². The highest BCUT2D eigenvalue weighted by Crippen LogP contribution is 2.34. The van der Waals surface area contributed by atoms with E-state index in [1.165, 1.54) is 0 Å². The molecule has 2 rings (SSSR count). The highest BCUT2D eigenvalue weighted by molar-refractivity contribution is 5.71. The fourth-order valence-corrected chi connectivity index (χ4v) is 2.78. The van der Waals surface area contributed by atoms with Gasteiger partial charge in [-0.15, -0.1) is 0 Å². The first-order chi connectivity index (χ1) is 9.40. The zero-order chi connectivity index (χ0) is 14.9. The smallest absolute Gasteiger partial charge is 0.306 e. The van der Waals surface area contributed by atoms with Crippen molar-refractivity contribution >= 4 is 17.3 Å². The van der Waals surface area contributed by atoms with Crippen LogP contribution in [0.2, 0.25) is 0 Å². The first-order valence-electron chi connectivity index (χ1n) is 6.64. The monoisotopic (exact) mass is 278 g/mol. The van der Waals surface area contributed by atoms with E-state index in [1.807, 2.05) is 24.8 Å². The number of anilines is 1. The molecule has 108 valence electrons. The number of hydrogen-bond donors (Lipinski definition) is 1. The van der Waals surface area contributed by atoms with Gasteiger partial charge in [0.15, 0.2) is 0 Å². The maximum Gasteiger partial charge on any atom is 0.306 e. The molecule has 0 aromatic heterocycles. The molecule has 1 aromatic carbocycles. The predicted octanol–water partition coefficient (Wildman–Crippen LogP) is 2.59. The van der Waals surface area contributed by atoms with Gasteiger partial charge in [-0.2, -0.15) is 0 Å². The molecular formula is C14H18N2O4. The standard InChI is InChI=1S/C14H18N2O4/c1-9-3-4-12(13(7-9)16(19)20)15-6-5-11(14(17)18)8-10(15)2/h3-4,7,10-11H,5-6,8H2,1-2H3,(H,17,18). The molecule has 1 aliphatic heterocycles. The van der Waals surface area contributed by atoms with Crippen LogP contribution in [0.25, 0.3) is 0 Å². The van der Waals surface area contributed by atoms with Gasteiger partial charge in [-0.05, 0) is 38.3 Å². The fourth-order valence-electron chi connectivity index (χ4n) is 2.78. The van der Waals surface area contributed by atoms with Gasteiger partial charge in [0.1, 0.15) is 5.69 Å². The molecule has 0 spiro atoms. The summed E-state index contributed by atoms with van der Waals surface area (Å²) in [4.78, 5) is 23.8. The molecule has 1 aliphatic rings. The SMILES string of the molecule is Cc1ccc(N2CCC(C(=O)O)CC2C)c([N+](=O)[O-])c1. The Morgan fingerprint density at radius 3 is 2.75 bits per heavy atom. The summed E-state index contributed by atoms with van der Waals surface area (Å²) in [6.07, 6.45) is 1.03. The van der Waals surface area contributed by atoms with Crippen LogP contribution in [0.1, 0.15) is 25.3 Å². The molecule has 1 aromatic rings. The van der Waals surface area contributed by atoms with E-state index in [2.05, 4.69) is 0 Å². The number of aliphatic carboxylic acids is 1. The number of nitrogens with zero attached hydrogens (tertiary/aromatic N) is 2. The summed E-state index contributed by atoms with van der Waals surface area (Å²) in [5, 5.41) is 20.2. The van der Waals surface area contributed by atoms with Gasteiger partial charge in [-0.3, -0.25) is 14.9 Å². The lowest BCUT2D eigenvalue weighted by molar-refractivity contribution is -0.384. The second-order valence-corrected chi connectivity index (χ2v) is 5.35. The number of carbonyl (C=O) groups is 1. The van der Waals surface area contributed by atoms with Crippen molar-refractivity contribution in [2.45, 2.75) is 32.7 Å². The van der Waals surface area contributed by atoms with Gasteiger partial charge in [0.2, 0.25) is 0 Å². The molecule has 0 saturated carbocycles. The number of carboxylic acid groups (broad SMARTS) is 1. The fraction of sp³-hybridized carbons (Fsp3) is 0.500. The molecular weight excluding hydrogens is 260 g/mol. The minimum Gasteiger partial charge on any atom is -0.481 e. The van der Waals surface area contributed by atoms with Crippen molar-refractivity contribution < 1.29 is 14.8 Å². The Balaban J connectivity index is 2.29. The number of piperidine rings is 1. The quantitative estimate of drug-likeness (QED) is 0.678. The van der Waals surface area contributed by atoms with Crippen LogP contribution in [0.15, 0.2) is 18.2 Å². The van der Waals surface area contributed by atoms with Crippen molar-refractivity contribution in [3.63, 3.8) is 0 Å². The van der Waals surface area contributed by atoms with Crippen molar-refractivity contribution in [1.29, 1.82) is 0 Å². The van der Waals surface area contributed by atoms with E-state index in [0.717, 1.165) is 5.56 Å². The highest BCUT2D eigenvalue weighted by atomic mass is 16.6. The number of benzene rings is 1. The Bertz CT molecular complexity index is 544. The minimum absolute atomic E-state index is 0.0220. The van der Waals surface area contributed by atoms with Crippen LogP contribution >= 0.6 is 0 Å². The Kier molecular flexibility index (Phi) is 3.92. The van der Waals surface area contributed by atoms with E-state index in [4.69, 9.17) is 5.11 Å². The Hall–Kier alpha value is -2.11. The Labute approximate surface area is 117 Å². The molecule has 6 nitrogen and oxygen atoms in total. The molecule has 0 amide bonds. The van der Waals surface area contributed by atoms with E-state index in [0.29, 0.717) is 25.1 Å². The Morgan fingerprint density at radius 2 is 2.20 bits per heavy atom.